The molecule has 0 radical (unpaired) electrons. The van der Waals surface area contributed by atoms with Crippen molar-refractivity contribution in [3.8, 4) is 11.3 Å². The van der Waals surface area contributed by atoms with E-state index >= 15 is 0 Å². The van der Waals surface area contributed by atoms with Gasteiger partial charge in [0.15, 0.2) is 5.13 Å². The lowest BCUT2D eigenvalue weighted by molar-refractivity contribution is -0.180. The number of carbonyl (C=O) groups is 6. The average molecular weight is 788 g/mol. The van der Waals surface area contributed by atoms with Gasteiger partial charge in [-0.3, -0.25) is 33.7 Å². The van der Waals surface area contributed by atoms with Gasteiger partial charge in [0.2, 0.25) is 11.8 Å². The number of anilines is 1. The number of carbonyl (C=O) groups excluding carboxylic acids is 6. The summed E-state index contributed by atoms with van der Waals surface area (Å²) in [4.78, 5) is 94.0. The maximum Gasteiger partial charge on any atom is 0.286 e. The Labute approximate surface area is 337 Å². The molecule has 11 nitrogen and oxygen atoms in total. The second-order valence-corrected chi connectivity index (χ2v) is 16.9. The molecule has 2 heterocycles. The number of hydrazine groups is 1. The minimum absolute atomic E-state index is 0.0369. The molecule has 0 saturated heterocycles. The third kappa shape index (κ3) is 9.39. The van der Waals surface area contributed by atoms with Gasteiger partial charge in [0.25, 0.3) is 23.6 Å². The van der Waals surface area contributed by atoms with Gasteiger partial charge < -0.3 is 4.90 Å². The van der Waals surface area contributed by atoms with Crippen LogP contribution in [-0.4, -0.2) is 74.5 Å². The maximum absolute atomic E-state index is 14.9. The van der Waals surface area contributed by atoms with Gasteiger partial charge in [-0.05, 0) is 68.2 Å². The highest BCUT2D eigenvalue weighted by Crippen LogP contribution is 2.41. The monoisotopic (exact) mass is 787 g/mol. The summed E-state index contributed by atoms with van der Waals surface area (Å²) in [6, 6.07) is 5.77. The van der Waals surface area contributed by atoms with Crippen LogP contribution in [0.15, 0.2) is 34.9 Å². The lowest BCUT2D eigenvalue weighted by atomic mass is 9.90. The van der Waals surface area contributed by atoms with Gasteiger partial charge in [0.05, 0.1) is 10.6 Å². The normalized spacial score (nSPS) is 16.1. The van der Waals surface area contributed by atoms with Crippen molar-refractivity contribution in [3.05, 3.63) is 50.9 Å². The molecule has 4 rings (SSSR count). The Morgan fingerprint density at radius 1 is 0.875 bits per heavy atom. The topological polar surface area (TPSA) is 128 Å². The maximum atomic E-state index is 14.9. The molecule has 1 fully saturated rings. The smallest absolute Gasteiger partial charge is 0.286 e. The van der Waals surface area contributed by atoms with Crippen molar-refractivity contribution in [1.82, 2.24) is 19.9 Å². The highest BCUT2D eigenvalue weighted by molar-refractivity contribution is 7.17. The molecular weight excluding hydrogens is 727 g/mol. The van der Waals surface area contributed by atoms with Crippen molar-refractivity contribution in [3.63, 3.8) is 0 Å². The van der Waals surface area contributed by atoms with Crippen LogP contribution in [0.2, 0.25) is 0 Å². The number of nitrogens with zero attached hydrogens (tertiary/aromatic N) is 5. The molecule has 1 aliphatic heterocycles. The van der Waals surface area contributed by atoms with Crippen molar-refractivity contribution in [2.45, 2.75) is 146 Å². The Bertz CT molecular complexity index is 1870. The van der Waals surface area contributed by atoms with Gasteiger partial charge in [-0.2, -0.15) is 10.0 Å². The largest absolute Gasteiger partial charge is 0.348 e. The molecule has 304 valence electrons. The molecule has 56 heavy (non-hydrogen) atoms. The summed E-state index contributed by atoms with van der Waals surface area (Å²) < 4.78 is 0. The Hall–Kier alpha value is -4.45. The average Bonchev–Trinajstić information content (AvgIpc) is 3.57. The first-order chi connectivity index (χ1) is 26.5. The Kier molecular flexibility index (Phi) is 15.1. The van der Waals surface area contributed by atoms with Crippen LogP contribution in [0.3, 0.4) is 0 Å². The van der Waals surface area contributed by atoms with E-state index in [-0.39, 0.29) is 11.1 Å². The number of amides is 6. The van der Waals surface area contributed by atoms with Gasteiger partial charge in [-0.1, -0.05) is 110 Å². The Balaban J connectivity index is 2.10. The second kappa shape index (κ2) is 19.1. The van der Waals surface area contributed by atoms with Crippen LogP contribution in [0.5, 0.6) is 0 Å². The number of hydrogen-bond acceptors (Lipinski definition) is 9. The van der Waals surface area contributed by atoms with Crippen LogP contribution in [0, 0.1) is 5.41 Å². The molecule has 0 atom stereocenters. The molecular formula is C44H61N5O6S. The van der Waals surface area contributed by atoms with E-state index in [9.17, 15) is 28.8 Å². The third-order valence-electron chi connectivity index (χ3n) is 10.6. The molecule has 2 aliphatic rings. The van der Waals surface area contributed by atoms with Crippen LogP contribution in [0.25, 0.3) is 17.3 Å². The first-order valence-corrected chi connectivity index (χ1v) is 21.2. The van der Waals surface area contributed by atoms with Crippen molar-refractivity contribution in [2.24, 2.45) is 5.41 Å². The van der Waals surface area contributed by atoms with E-state index in [4.69, 9.17) is 4.98 Å². The Morgan fingerprint density at radius 3 is 1.93 bits per heavy atom. The fourth-order valence-electron chi connectivity index (χ4n) is 7.50. The van der Waals surface area contributed by atoms with E-state index in [1.54, 1.807) is 26.8 Å². The number of imide groups is 3. The predicted octanol–water partition coefficient (Wildman–Crippen LogP) is 8.45. The van der Waals surface area contributed by atoms with Gasteiger partial charge in [-0.25, -0.2) is 4.98 Å². The molecule has 12 heteroatoms. The first-order valence-electron chi connectivity index (χ1n) is 20.4. The second-order valence-electron chi connectivity index (χ2n) is 15.9. The van der Waals surface area contributed by atoms with Crippen LogP contribution in [-0.2, 0) is 41.6 Å². The molecule has 1 saturated carbocycles. The molecule has 1 aromatic carbocycles. The molecule has 6 amide bonds. The van der Waals surface area contributed by atoms with E-state index in [2.05, 4.69) is 44.7 Å². The summed E-state index contributed by atoms with van der Waals surface area (Å²) in [5.41, 5.74) is 2.27. The molecule has 2 aromatic rings. The van der Waals surface area contributed by atoms with Gasteiger partial charge in [0, 0.05) is 49.5 Å². The molecule has 1 aromatic heterocycles. The number of aryl methyl sites for hydroxylation is 2. The summed E-state index contributed by atoms with van der Waals surface area (Å²) >= 11 is 1.43. The number of hydrogen-bond donors (Lipinski definition) is 0. The fraction of sp³-hybridized carbons (Fsp3) is 0.568. The van der Waals surface area contributed by atoms with Gasteiger partial charge >= 0.3 is 0 Å². The zero-order chi connectivity index (χ0) is 41.5. The predicted molar refractivity (Wildman–Crippen MR) is 222 cm³/mol. The lowest BCUT2D eigenvalue weighted by Crippen LogP contribution is -2.61. The van der Waals surface area contributed by atoms with Crippen LogP contribution in [0.1, 0.15) is 143 Å². The highest BCUT2D eigenvalue weighted by Gasteiger charge is 2.48. The Morgan fingerprint density at radius 2 is 1.45 bits per heavy atom. The van der Waals surface area contributed by atoms with Crippen LogP contribution in [0.4, 0.5) is 5.13 Å². The van der Waals surface area contributed by atoms with E-state index < -0.39 is 52.5 Å². The molecule has 0 bridgehead atoms. The third-order valence-corrected chi connectivity index (χ3v) is 11.7. The first kappa shape index (κ1) is 44.3. The highest BCUT2D eigenvalue weighted by atomic mass is 32.1. The summed E-state index contributed by atoms with van der Waals surface area (Å²) in [7, 11) is 0. The number of aromatic nitrogens is 1. The van der Waals surface area contributed by atoms with E-state index in [1.165, 1.54) is 25.2 Å². The summed E-state index contributed by atoms with van der Waals surface area (Å²) in [5.74, 6) is -5.05. The molecule has 0 N–H and O–H groups in total. The van der Waals surface area contributed by atoms with Crippen LogP contribution < -0.4 is 4.90 Å². The zero-order valence-corrected chi connectivity index (χ0v) is 36.0. The van der Waals surface area contributed by atoms with E-state index in [1.807, 2.05) is 6.07 Å². The van der Waals surface area contributed by atoms with E-state index in [0.717, 1.165) is 105 Å². The fourth-order valence-corrected chi connectivity index (χ4v) is 8.57. The van der Waals surface area contributed by atoms with E-state index in [0.29, 0.717) is 33.4 Å². The van der Waals surface area contributed by atoms with Crippen molar-refractivity contribution < 1.29 is 28.8 Å². The summed E-state index contributed by atoms with van der Waals surface area (Å²) in [5, 5.41) is 1.85. The minimum Gasteiger partial charge on any atom is -0.348 e. The minimum atomic E-state index is -1.18. The quantitative estimate of drug-likeness (QED) is 0.106. The van der Waals surface area contributed by atoms with Crippen molar-refractivity contribution in [2.75, 3.05) is 18.0 Å². The molecule has 1 aliphatic carbocycles. The van der Waals surface area contributed by atoms with Gasteiger partial charge in [-0.15, -0.1) is 0 Å². The van der Waals surface area contributed by atoms with Crippen molar-refractivity contribution >= 4 is 58.0 Å². The number of rotatable bonds is 14. The zero-order valence-electron chi connectivity index (χ0n) is 35.2. The SMILES string of the molecule is CCCCN(CCCC)c1nc(-c2c(CC)cccc2CC)c(/C=C2\C(=O)N(N(C(C)=O)C(=O)C(C)(C)C)C(=O)C(C(=O)N(C(C)=O)C3CCCCC3)=C2C)s1. The molecule has 0 spiro atoms. The van der Waals surface area contributed by atoms with Gasteiger partial charge in [0.1, 0.15) is 5.57 Å². The standard InChI is InChI=1S/C44H61N5O6S/c1-11-15-25-46(26-16-12-2)43-45-38(37-31(13-3)21-20-22-32(37)14-4)35(56-43)27-34-28(5)36(40(53)47(29(6)50)33-23-18-17-19-24-33)41(54)49(39(34)52)48(30(7)51)42(55)44(8,9)10/h20-22,27,33H,11-19,23-26H2,1-10H3/b34-27-. The number of benzene rings is 1. The summed E-state index contributed by atoms with van der Waals surface area (Å²) in [6.45, 7) is 18.8. The van der Waals surface area contributed by atoms with Crippen LogP contribution >= 0.6 is 11.3 Å². The van der Waals surface area contributed by atoms with Crippen molar-refractivity contribution in [1.29, 1.82) is 0 Å². The lowest BCUT2D eigenvalue weighted by Gasteiger charge is -2.39. The molecule has 0 unspecified atom stereocenters. The number of thiazole rings is 1. The summed E-state index contributed by atoms with van der Waals surface area (Å²) in [6.07, 6.45) is 10.9. The number of unbranched alkanes of at least 4 members (excludes halogenated alkanes) is 2.